The first-order valence-corrected chi connectivity index (χ1v) is 7.82. The van der Waals surface area contributed by atoms with E-state index >= 15 is 0 Å². The van der Waals surface area contributed by atoms with Gasteiger partial charge in [-0.3, -0.25) is 14.2 Å². The second-order valence-electron chi connectivity index (χ2n) is 5.87. The Morgan fingerprint density at radius 1 is 1.32 bits per heavy atom. The number of carbonyl (C=O) groups excluding carboxylic acids is 2. The molecule has 0 aliphatic heterocycles. The Morgan fingerprint density at radius 3 is 2.56 bits per heavy atom. The zero-order valence-corrected chi connectivity index (χ0v) is 14.4. The topological polar surface area (TPSA) is 122 Å². The van der Waals surface area contributed by atoms with Gasteiger partial charge in [0.15, 0.2) is 10.8 Å². The fourth-order valence-corrected chi connectivity index (χ4v) is 2.69. The van der Waals surface area contributed by atoms with Crippen molar-refractivity contribution in [2.75, 3.05) is 18.9 Å². The summed E-state index contributed by atoms with van der Waals surface area (Å²) in [4.78, 5) is 34.4. The standard InChI is InChI=1S/C15H16ClN5O4/c1-8(22)24-5-15(6-25-9(2)23)3-10(15)4-21-7-18-11-12(16)19-14(17)20-13(11)21/h4,7H,3,5-6H2,1-2H3,(H2,17,19,20). The van der Waals surface area contributed by atoms with Crippen molar-refractivity contribution in [2.45, 2.75) is 20.3 Å². The van der Waals surface area contributed by atoms with E-state index in [0.717, 1.165) is 5.57 Å². The highest BCUT2D eigenvalue weighted by atomic mass is 35.5. The summed E-state index contributed by atoms with van der Waals surface area (Å²) in [6.07, 6.45) is 3.95. The summed E-state index contributed by atoms with van der Waals surface area (Å²) < 4.78 is 11.9. The van der Waals surface area contributed by atoms with Crippen LogP contribution in [0, 0.1) is 5.41 Å². The van der Waals surface area contributed by atoms with Gasteiger partial charge in [-0.2, -0.15) is 9.97 Å². The first-order chi connectivity index (χ1) is 11.8. The van der Waals surface area contributed by atoms with E-state index in [0.29, 0.717) is 17.6 Å². The molecule has 9 nitrogen and oxygen atoms in total. The zero-order valence-electron chi connectivity index (χ0n) is 13.7. The van der Waals surface area contributed by atoms with E-state index in [-0.39, 0.29) is 24.3 Å². The monoisotopic (exact) mass is 365 g/mol. The van der Waals surface area contributed by atoms with Crippen LogP contribution in [0.5, 0.6) is 0 Å². The molecule has 2 N–H and O–H groups in total. The van der Waals surface area contributed by atoms with Crippen LogP contribution in [0.2, 0.25) is 5.15 Å². The van der Waals surface area contributed by atoms with Crippen LogP contribution in [-0.2, 0) is 19.1 Å². The molecule has 1 saturated carbocycles. The molecular formula is C15H16ClN5O4. The average Bonchev–Trinajstić information content (AvgIpc) is 3.05. The average molecular weight is 366 g/mol. The molecule has 1 fully saturated rings. The largest absolute Gasteiger partial charge is 0.465 e. The van der Waals surface area contributed by atoms with E-state index in [4.69, 9.17) is 26.8 Å². The number of anilines is 1. The van der Waals surface area contributed by atoms with Gasteiger partial charge >= 0.3 is 11.9 Å². The molecule has 25 heavy (non-hydrogen) atoms. The number of nitrogens with zero attached hydrogens (tertiary/aromatic N) is 4. The first-order valence-electron chi connectivity index (χ1n) is 7.44. The third kappa shape index (κ3) is 3.55. The Morgan fingerprint density at radius 2 is 1.96 bits per heavy atom. The van der Waals surface area contributed by atoms with Crippen LogP contribution in [0.15, 0.2) is 11.9 Å². The number of ether oxygens (including phenoxy) is 2. The van der Waals surface area contributed by atoms with Crippen LogP contribution in [-0.4, -0.2) is 44.7 Å². The fraction of sp³-hybridized carbons (Fsp3) is 0.400. The molecule has 132 valence electrons. The van der Waals surface area contributed by atoms with Gasteiger partial charge in [-0.15, -0.1) is 0 Å². The molecule has 1 aliphatic carbocycles. The minimum absolute atomic E-state index is 0.0412. The molecule has 0 aromatic carbocycles. The van der Waals surface area contributed by atoms with Crippen LogP contribution in [0.4, 0.5) is 5.95 Å². The summed E-state index contributed by atoms with van der Waals surface area (Å²) >= 11 is 6.01. The fourth-order valence-electron chi connectivity index (χ4n) is 2.47. The van der Waals surface area contributed by atoms with Gasteiger partial charge in [0.1, 0.15) is 25.1 Å². The van der Waals surface area contributed by atoms with Crippen molar-refractivity contribution in [3.8, 4) is 0 Å². The molecule has 2 aromatic rings. The highest BCUT2D eigenvalue weighted by Gasteiger charge is 2.51. The Kier molecular flexibility index (Phi) is 4.34. The van der Waals surface area contributed by atoms with Gasteiger partial charge in [-0.25, -0.2) is 4.98 Å². The smallest absolute Gasteiger partial charge is 0.302 e. The predicted molar refractivity (Wildman–Crippen MR) is 89.3 cm³/mol. The van der Waals surface area contributed by atoms with E-state index in [1.165, 1.54) is 13.8 Å². The normalized spacial score (nSPS) is 16.8. The maximum atomic E-state index is 11.1. The minimum Gasteiger partial charge on any atom is -0.465 e. The SMILES string of the molecule is CC(=O)OCC1(COC(C)=O)CC1=Cn1cnc2c(Cl)nc(N)nc21. The molecule has 0 atom stereocenters. The van der Waals surface area contributed by atoms with Crippen molar-refractivity contribution in [1.82, 2.24) is 19.5 Å². The van der Waals surface area contributed by atoms with Gasteiger partial charge in [0.2, 0.25) is 5.95 Å². The molecule has 0 amide bonds. The van der Waals surface area contributed by atoms with Crippen molar-refractivity contribution in [1.29, 1.82) is 0 Å². The summed E-state index contributed by atoms with van der Waals surface area (Å²) in [5, 5.41) is 0.168. The van der Waals surface area contributed by atoms with Gasteiger partial charge in [0.25, 0.3) is 0 Å². The lowest BCUT2D eigenvalue weighted by molar-refractivity contribution is -0.146. The number of nitrogens with two attached hydrogens (primary N) is 1. The van der Waals surface area contributed by atoms with Crippen molar-refractivity contribution in [2.24, 2.45) is 5.41 Å². The molecule has 0 spiro atoms. The molecule has 0 radical (unpaired) electrons. The van der Waals surface area contributed by atoms with Crippen LogP contribution in [0.25, 0.3) is 17.4 Å². The third-order valence-corrected chi connectivity index (χ3v) is 4.14. The van der Waals surface area contributed by atoms with Gasteiger partial charge in [-0.1, -0.05) is 11.6 Å². The second kappa shape index (κ2) is 6.32. The van der Waals surface area contributed by atoms with Crippen LogP contribution in [0.1, 0.15) is 20.3 Å². The lowest BCUT2D eigenvalue weighted by Gasteiger charge is -2.14. The number of halogens is 1. The molecule has 0 bridgehead atoms. The van der Waals surface area contributed by atoms with E-state index in [9.17, 15) is 9.59 Å². The van der Waals surface area contributed by atoms with Crippen LogP contribution in [0.3, 0.4) is 0 Å². The van der Waals surface area contributed by atoms with E-state index < -0.39 is 17.4 Å². The highest BCUT2D eigenvalue weighted by molar-refractivity contribution is 6.33. The van der Waals surface area contributed by atoms with E-state index in [1.54, 1.807) is 17.1 Å². The molecule has 2 aromatic heterocycles. The number of hydrogen-bond donors (Lipinski definition) is 1. The lowest BCUT2D eigenvalue weighted by Crippen LogP contribution is -2.21. The predicted octanol–water partition coefficient (Wildman–Crippen LogP) is 1.42. The number of imidazole rings is 1. The molecule has 3 rings (SSSR count). The quantitative estimate of drug-likeness (QED) is 0.623. The van der Waals surface area contributed by atoms with Crippen molar-refractivity contribution >= 4 is 46.9 Å². The van der Waals surface area contributed by atoms with Gasteiger partial charge in [-0.05, 0) is 12.0 Å². The molecule has 2 heterocycles. The molecule has 10 heteroatoms. The van der Waals surface area contributed by atoms with Crippen molar-refractivity contribution in [3.63, 3.8) is 0 Å². The molecular weight excluding hydrogens is 350 g/mol. The Balaban J connectivity index is 1.90. The molecule has 0 saturated heterocycles. The molecule has 1 aliphatic rings. The second-order valence-corrected chi connectivity index (χ2v) is 6.23. The number of hydrogen-bond acceptors (Lipinski definition) is 8. The van der Waals surface area contributed by atoms with Crippen molar-refractivity contribution < 1.29 is 19.1 Å². The summed E-state index contributed by atoms with van der Waals surface area (Å²) in [7, 11) is 0. The highest BCUT2D eigenvalue weighted by Crippen LogP contribution is 2.53. The number of fused-ring (bicyclic) bond motifs is 1. The maximum absolute atomic E-state index is 11.1. The number of nitrogen functional groups attached to an aromatic ring is 1. The van der Waals surface area contributed by atoms with E-state index in [2.05, 4.69) is 15.0 Å². The lowest BCUT2D eigenvalue weighted by atomic mass is 10.1. The van der Waals surface area contributed by atoms with Gasteiger partial charge < -0.3 is 15.2 Å². The number of aromatic nitrogens is 4. The van der Waals surface area contributed by atoms with Gasteiger partial charge in [0, 0.05) is 20.0 Å². The summed E-state index contributed by atoms with van der Waals surface area (Å²) in [6, 6.07) is 0. The number of rotatable bonds is 5. The summed E-state index contributed by atoms with van der Waals surface area (Å²) in [5.74, 6) is -0.748. The number of esters is 2. The maximum Gasteiger partial charge on any atom is 0.302 e. The zero-order chi connectivity index (χ0) is 18.2. The van der Waals surface area contributed by atoms with Gasteiger partial charge in [0.05, 0.1) is 5.41 Å². The Bertz CT molecular complexity index is 873. The number of carbonyl (C=O) groups is 2. The third-order valence-electron chi connectivity index (χ3n) is 3.88. The van der Waals surface area contributed by atoms with Crippen LogP contribution < -0.4 is 5.73 Å². The summed E-state index contributed by atoms with van der Waals surface area (Å²) in [5.41, 5.74) is 6.93. The van der Waals surface area contributed by atoms with E-state index in [1.807, 2.05) is 0 Å². The summed E-state index contributed by atoms with van der Waals surface area (Å²) in [6.45, 7) is 2.92. The minimum atomic E-state index is -0.531. The Hall–Kier alpha value is -2.68. The Labute approximate surface area is 147 Å². The first kappa shape index (κ1) is 17.2. The van der Waals surface area contributed by atoms with Crippen molar-refractivity contribution in [3.05, 3.63) is 17.1 Å². The molecule has 0 unspecified atom stereocenters. The van der Waals surface area contributed by atoms with Crippen LogP contribution >= 0.6 is 11.6 Å².